The van der Waals surface area contributed by atoms with Crippen LogP contribution in [-0.4, -0.2) is 25.2 Å². The van der Waals surface area contributed by atoms with E-state index in [1.807, 2.05) is 0 Å². The minimum atomic E-state index is -1.14. The SMILES string of the molecule is C[SiH](C)O[Si](C)(C)[SiH](C)C. The molecule has 10 heavy (non-hydrogen) atoms. The van der Waals surface area contributed by atoms with Crippen molar-refractivity contribution in [3.63, 3.8) is 0 Å². The standard InChI is InChI=1S/C6H20OSi3/c1-8(2)7-10(5,6)9(3)4/h8-9H,1-6H3. The Labute approximate surface area is 69.0 Å². The summed E-state index contributed by atoms with van der Waals surface area (Å²) < 4.78 is 6.04. The van der Waals surface area contributed by atoms with Crippen molar-refractivity contribution in [2.45, 2.75) is 39.3 Å². The summed E-state index contributed by atoms with van der Waals surface area (Å²) in [7, 11) is -2.38. The predicted molar refractivity (Wildman–Crippen MR) is 56.3 cm³/mol. The van der Waals surface area contributed by atoms with Gasteiger partial charge < -0.3 is 4.12 Å². The molecule has 0 amide bonds. The largest absolute Gasteiger partial charge is 0.461 e. The third-order valence-corrected chi connectivity index (χ3v) is 18.6. The minimum Gasteiger partial charge on any atom is -0.461 e. The van der Waals surface area contributed by atoms with Crippen LogP contribution in [-0.2, 0) is 4.12 Å². The second-order valence-corrected chi connectivity index (χ2v) is 20.1. The first-order chi connectivity index (χ1) is 4.36. The van der Waals surface area contributed by atoms with Crippen LogP contribution in [0.3, 0.4) is 0 Å². The molecule has 0 spiro atoms. The topological polar surface area (TPSA) is 9.23 Å². The van der Waals surface area contributed by atoms with Gasteiger partial charge in [-0.1, -0.05) is 13.1 Å². The summed E-state index contributed by atoms with van der Waals surface area (Å²) in [5, 5.41) is 0. The Bertz CT molecular complexity index is 101. The first-order valence-corrected chi connectivity index (χ1v) is 13.8. The van der Waals surface area contributed by atoms with Gasteiger partial charge in [0, 0.05) is 0 Å². The monoisotopic (exact) mass is 192 g/mol. The van der Waals surface area contributed by atoms with Gasteiger partial charge in [0.05, 0.1) is 8.31 Å². The van der Waals surface area contributed by atoms with Crippen LogP contribution in [0.5, 0.6) is 0 Å². The van der Waals surface area contributed by atoms with Crippen LogP contribution < -0.4 is 0 Å². The molecule has 0 aliphatic rings. The zero-order chi connectivity index (χ0) is 8.36. The van der Waals surface area contributed by atoms with Crippen molar-refractivity contribution in [1.82, 2.24) is 0 Å². The molecule has 0 atom stereocenters. The first-order valence-electron chi connectivity index (χ1n) is 4.04. The molecule has 0 saturated heterocycles. The summed E-state index contributed by atoms with van der Waals surface area (Å²) in [5.74, 6) is 0. The number of rotatable bonds is 3. The fourth-order valence-electron chi connectivity index (χ4n) is 0.744. The third kappa shape index (κ3) is 3.70. The van der Waals surface area contributed by atoms with Gasteiger partial charge >= 0.3 is 0 Å². The Balaban J connectivity index is 3.87. The second-order valence-electron chi connectivity index (χ2n) is 3.92. The predicted octanol–water partition coefficient (Wildman–Crippen LogP) is 1.76. The molecule has 0 unspecified atom stereocenters. The van der Waals surface area contributed by atoms with E-state index >= 15 is 0 Å². The van der Waals surface area contributed by atoms with Crippen LogP contribution in [0, 0.1) is 0 Å². The van der Waals surface area contributed by atoms with Crippen molar-refractivity contribution in [1.29, 1.82) is 0 Å². The number of hydrogen-bond donors (Lipinski definition) is 0. The van der Waals surface area contributed by atoms with E-state index in [4.69, 9.17) is 4.12 Å². The lowest BCUT2D eigenvalue weighted by Gasteiger charge is -2.28. The van der Waals surface area contributed by atoms with Crippen molar-refractivity contribution in [3.05, 3.63) is 0 Å². The van der Waals surface area contributed by atoms with Crippen LogP contribution in [0.4, 0.5) is 0 Å². The fraction of sp³-hybridized carbons (Fsp3) is 1.00. The van der Waals surface area contributed by atoms with Gasteiger partial charge in [-0.15, -0.1) is 0 Å². The van der Waals surface area contributed by atoms with Crippen molar-refractivity contribution < 1.29 is 4.12 Å². The van der Waals surface area contributed by atoms with Gasteiger partial charge in [0.1, 0.15) is 0 Å². The van der Waals surface area contributed by atoms with E-state index in [0.29, 0.717) is 0 Å². The molecule has 0 radical (unpaired) electrons. The van der Waals surface area contributed by atoms with E-state index in [-0.39, 0.29) is 0 Å². The van der Waals surface area contributed by atoms with Crippen LogP contribution in [0.25, 0.3) is 0 Å². The Kier molecular flexibility index (Phi) is 4.08. The molecule has 0 bridgehead atoms. The molecule has 0 fully saturated rings. The molecular formula is C6H20OSi3. The van der Waals surface area contributed by atoms with Crippen LogP contribution in [0.15, 0.2) is 0 Å². The quantitative estimate of drug-likeness (QED) is 0.619. The normalized spacial score (nSPS) is 13.2. The maximum absolute atomic E-state index is 6.04. The molecule has 1 nitrogen and oxygen atoms in total. The summed E-state index contributed by atoms with van der Waals surface area (Å²) in [5.41, 5.74) is 0. The Morgan fingerprint density at radius 1 is 1.00 bits per heavy atom. The molecule has 0 saturated carbocycles. The molecule has 0 aliphatic heterocycles. The van der Waals surface area contributed by atoms with Crippen molar-refractivity contribution >= 4 is 25.2 Å². The van der Waals surface area contributed by atoms with E-state index in [1.165, 1.54) is 0 Å². The fourth-order valence-corrected chi connectivity index (χ4v) is 11.6. The molecule has 0 aliphatic carbocycles. The molecule has 0 N–H and O–H groups in total. The first kappa shape index (κ1) is 10.6. The Morgan fingerprint density at radius 2 is 1.40 bits per heavy atom. The van der Waals surface area contributed by atoms with Crippen molar-refractivity contribution in [2.24, 2.45) is 0 Å². The smallest absolute Gasteiger partial charge is 0.156 e. The van der Waals surface area contributed by atoms with Crippen LogP contribution in [0.1, 0.15) is 0 Å². The van der Waals surface area contributed by atoms with Gasteiger partial charge in [0.15, 0.2) is 16.9 Å². The minimum absolute atomic E-state index is 0.484. The van der Waals surface area contributed by atoms with E-state index in [9.17, 15) is 0 Å². The molecule has 0 aromatic rings. The summed E-state index contributed by atoms with van der Waals surface area (Å²) >= 11 is 0. The summed E-state index contributed by atoms with van der Waals surface area (Å²) in [6, 6.07) is 0. The third-order valence-electron chi connectivity index (χ3n) is 1.93. The zero-order valence-corrected chi connectivity index (χ0v) is 11.4. The van der Waals surface area contributed by atoms with Crippen LogP contribution in [0.2, 0.25) is 39.3 Å². The van der Waals surface area contributed by atoms with Crippen molar-refractivity contribution in [2.75, 3.05) is 0 Å². The average molecular weight is 192 g/mol. The zero-order valence-electron chi connectivity index (χ0n) is 8.06. The van der Waals surface area contributed by atoms with E-state index < -0.39 is 25.2 Å². The van der Waals surface area contributed by atoms with E-state index in [0.717, 1.165) is 0 Å². The molecular weight excluding hydrogens is 172 g/mol. The number of hydrogen-bond acceptors (Lipinski definition) is 1. The van der Waals surface area contributed by atoms with E-state index in [2.05, 4.69) is 39.3 Å². The lowest BCUT2D eigenvalue weighted by atomic mass is 11.9. The maximum atomic E-state index is 6.04. The summed E-state index contributed by atoms with van der Waals surface area (Å²) in [6.07, 6.45) is 0. The Morgan fingerprint density at radius 3 is 1.50 bits per heavy atom. The molecule has 0 aromatic carbocycles. The summed E-state index contributed by atoms with van der Waals surface area (Å²) in [4.78, 5) is 0. The molecule has 4 heteroatoms. The molecule has 0 rings (SSSR count). The molecule has 62 valence electrons. The van der Waals surface area contributed by atoms with Crippen LogP contribution >= 0.6 is 0 Å². The van der Waals surface area contributed by atoms with Crippen molar-refractivity contribution in [3.8, 4) is 0 Å². The molecule has 0 heterocycles. The van der Waals surface area contributed by atoms with Gasteiger partial charge in [-0.2, -0.15) is 0 Å². The van der Waals surface area contributed by atoms with Gasteiger partial charge in [-0.05, 0) is 26.2 Å². The van der Waals surface area contributed by atoms with Gasteiger partial charge in [0.25, 0.3) is 0 Å². The maximum Gasteiger partial charge on any atom is 0.156 e. The van der Waals surface area contributed by atoms with Gasteiger partial charge in [-0.3, -0.25) is 0 Å². The summed E-state index contributed by atoms with van der Waals surface area (Å²) in [6.45, 7) is 14.1. The lowest BCUT2D eigenvalue weighted by molar-refractivity contribution is 0.596. The second kappa shape index (κ2) is 3.85. The highest BCUT2D eigenvalue weighted by Crippen LogP contribution is 2.10. The average Bonchev–Trinajstić information content (AvgIpc) is 1.60. The van der Waals surface area contributed by atoms with E-state index in [1.54, 1.807) is 0 Å². The van der Waals surface area contributed by atoms with Gasteiger partial charge in [0.2, 0.25) is 0 Å². The lowest BCUT2D eigenvalue weighted by Crippen LogP contribution is -2.47. The highest BCUT2D eigenvalue weighted by atomic mass is 29.2. The molecule has 0 aromatic heterocycles. The Hall–Kier alpha value is 0.611. The highest BCUT2D eigenvalue weighted by Gasteiger charge is 2.27. The van der Waals surface area contributed by atoms with Gasteiger partial charge in [-0.25, -0.2) is 0 Å². The highest BCUT2D eigenvalue weighted by molar-refractivity contribution is 7.29.